The fourth-order valence-electron chi connectivity index (χ4n) is 0.727. The monoisotopic (exact) mass is 226 g/mol. The summed E-state index contributed by atoms with van der Waals surface area (Å²) >= 11 is 0. The van der Waals surface area contributed by atoms with E-state index in [4.69, 9.17) is 9.05 Å². The highest BCUT2D eigenvalue weighted by Gasteiger charge is 2.23. The van der Waals surface area contributed by atoms with Gasteiger partial charge < -0.3 is 9.38 Å². The number of hydrogen-bond acceptors (Lipinski definition) is 3. The van der Waals surface area contributed by atoms with Crippen LogP contribution < -0.4 is 0 Å². The van der Waals surface area contributed by atoms with Crippen molar-refractivity contribution in [1.29, 1.82) is 0 Å². The van der Waals surface area contributed by atoms with Crippen LogP contribution in [0.5, 0.6) is 0 Å². The van der Waals surface area contributed by atoms with Crippen molar-refractivity contribution < 1.29 is 23.0 Å². The van der Waals surface area contributed by atoms with Gasteiger partial charge in [-0.25, -0.2) is 4.57 Å². The number of nitrogens with zero attached hydrogens (tertiary/aromatic N) is 1. The Labute approximate surface area is 85.8 Å². The second-order valence-corrected chi connectivity index (χ2v) is 5.88. The lowest BCUT2D eigenvalue weighted by Crippen LogP contribution is -2.37. The quantitative estimate of drug-likeness (QED) is 0.546. The van der Waals surface area contributed by atoms with Crippen molar-refractivity contribution in [2.75, 3.05) is 34.3 Å². The molecule has 86 valence electrons. The summed E-state index contributed by atoms with van der Waals surface area (Å²) in [5.74, 6) is 0. The van der Waals surface area contributed by atoms with Crippen molar-refractivity contribution in [3.05, 3.63) is 0 Å². The summed E-state index contributed by atoms with van der Waals surface area (Å²) in [6.45, 7) is 4.24. The molecule has 5 nitrogen and oxygen atoms in total. The minimum Gasteiger partial charge on any atom is -0.329 e. The molecule has 0 aliphatic carbocycles. The Hall–Kier alpha value is 0.0700. The lowest BCUT2D eigenvalue weighted by atomic mass is 10.5. The van der Waals surface area contributed by atoms with Gasteiger partial charge in [0.1, 0.15) is 13.2 Å². The predicted octanol–water partition coefficient (Wildman–Crippen LogP) is 1.23. The summed E-state index contributed by atoms with van der Waals surface area (Å²) in [6.07, 6.45) is -0.310. The summed E-state index contributed by atoms with van der Waals surface area (Å²) in [6, 6.07) is 0. The molecule has 6 heteroatoms. The molecule has 0 heterocycles. The molecule has 14 heavy (non-hydrogen) atoms. The summed E-state index contributed by atoms with van der Waals surface area (Å²) < 4.78 is 21.4. The Balaban J connectivity index is 3.83. The first-order chi connectivity index (χ1) is 6.12. The van der Waals surface area contributed by atoms with Crippen molar-refractivity contribution in [2.45, 2.75) is 20.0 Å². The lowest BCUT2D eigenvalue weighted by Gasteiger charge is -2.24. The highest BCUT2D eigenvalue weighted by molar-refractivity contribution is 7.47. The fraction of sp³-hybridized carbons (Fsp3) is 1.00. The molecule has 0 fully saturated rings. The summed E-state index contributed by atoms with van der Waals surface area (Å²) in [5.41, 5.74) is 0. The zero-order valence-electron chi connectivity index (χ0n) is 9.56. The van der Waals surface area contributed by atoms with Crippen molar-refractivity contribution in [2.24, 2.45) is 0 Å². The maximum atomic E-state index is 11.2. The topological polar surface area (TPSA) is 55.8 Å². The number of rotatable bonds is 6. The lowest BCUT2D eigenvalue weighted by molar-refractivity contribution is -0.870. The molecule has 0 saturated carbocycles. The predicted molar refractivity (Wildman–Crippen MR) is 54.9 cm³/mol. The number of quaternary nitrogens is 1. The van der Waals surface area contributed by atoms with Crippen LogP contribution in [0.15, 0.2) is 0 Å². The van der Waals surface area contributed by atoms with Crippen LogP contribution in [0.3, 0.4) is 0 Å². The van der Waals surface area contributed by atoms with E-state index in [0.717, 1.165) is 0 Å². The minimum absolute atomic E-state index is 0.212. The molecule has 0 amide bonds. The van der Waals surface area contributed by atoms with E-state index < -0.39 is 7.82 Å². The van der Waals surface area contributed by atoms with E-state index in [2.05, 4.69) is 0 Å². The normalized spacial score (nSPS) is 17.1. The average Bonchev–Trinajstić information content (AvgIpc) is 1.78. The summed E-state index contributed by atoms with van der Waals surface area (Å²) in [4.78, 5) is 9.19. The first-order valence-electron chi connectivity index (χ1n) is 4.58. The van der Waals surface area contributed by atoms with Gasteiger partial charge in [0.15, 0.2) is 0 Å². The standard InChI is InChI=1S/C8H20NO4P/c1-8(2)13-14(10,11)12-7-6-9(3,4)5/h8H,6-7H2,1-5H3/p+1. The summed E-state index contributed by atoms with van der Waals surface area (Å²) in [5, 5.41) is 0. The molecule has 1 atom stereocenters. The van der Waals surface area contributed by atoms with E-state index in [9.17, 15) is 9.46 Å². The van der Waals surface area contributed by atoms with Gasteiger partial charge in [0.2, 0.25) is 0 Å². The fourth-order valence-corrected chi connectivity index (χ4v) is 1.63. The first-order valence-corrected chi connectivity index (χ1v) is 6.08. The largest absolute Gasteiger partial charge is 0.472 e. The van der Waals surface area contributed by atoms with Crippen LogP contribution in [0, 0.1) is 0 Å². The van der Waals surface area contributed by atoms with Crippen LogP contribution in [0.25, 0.3) is 0 Å². The Morgan fingerprint density at radius 1 is 1.36 bits per heavy atom. The van der Waals surface area contributed by atoms with E-state index in [0.29, 0.717) is 11.0 Å². The molecule has 0 aliphatic heterocycles. The second kappa shape index (κ2) is 5.24. The smallest absolute Gasteiger partial charge is 0.329 e. The number of phosphoric acid groups is 1. The molecular weight excluding hydrogens is 205 g/mol. The van der Waals surface area contributed by atoms with Gasteiger partial charge in [-0.1, -0.05) is 0 Å². The third-order valence-electron chi connectivity index (χ3n) is 1.36. The molecule has 0 aromatic carbocycles. The van der Waals surface area contributed by atoms with Gasteiger partial charge in [-0.05, 0) is 13.8 Å². The van der Waals surface area contributed by atoms with Crippen molar-refractivity contribution in [1.82, 2.24) is 0 Å². The molecule has 0 bridgehead atoms. The van der Waals surface area contributed by atoms with Crippen LogP contribution in [-0.4, -0.2) is 49.8 Å². The summed E-state index contributed by atoms with van der Waals surface area (Å²) in [7, 11) is 2.10. The van der Waals surface area contributed by atoms with E-state index in [1.54, 1.807) is 13.8 Å². The molecule has 0 aromatic rings. The van der Waals surface area contributed by atoms with E-state index in [1.807, 2.05) is 21.1 Å². The highest BCUT2D eigenvalue weighted by Crippen LogP contribution is 2.44. The zero-order chi connectivity index (χ0) is 11.4. The molecule has 0 spiro atoms. The van der Waals surface area contributed by atoms with Crippen LogP contribution in [0.2, 0.25) is 0 Å². The van der Waals surface area contributed by atoms with Gasteiger partial charge in [-0.15, -0.1) is 0 Å². The first kappa shape index (κ1) is 14.1. The van der Waals surface area contributed by atoms with Gasteiger partial charge in [0.05, 0.1) is 27.2 Å². The van der Waals surface area contributed by atoms with Gasteiger partial charge in [-0.2, -0.15) is 0 Å². The molecule has 0 rings (SSSR count). The van der Waals surface area contributed by atoms with Gasteiger partial charge >= 0.3 is 7.82 Å². The SMILES string of the molecule is CC(C)OP(=O)(O)OCC[N+](C)(C)C. The number of likely N-dealkylation sites (N-methyl/N-ethyl adjacent to an activating group) is 1. The van der Waals surface area contributed by atoms with Gasteiger partial charge in [-0.3, -0.25) is 9.05 Å². The van der Waals surface area contributed by atoms with E-state index >= 15 is 0 Å². The van der Waals surface area contributed by atoms with Crippen molar-refractivity contribution in [3.63, 3.8) is 0 Å². The van der Waals surface area contributed by atoms with Crippen LogP contribution >= 0.6 is 7.82 Å². The molecule has 1 unspecified atom stereocenters. The van der Waals surface area contributed by atoms with Gasteiger partial charge in [0, 0.05) is 0 Å². The van der Waals surface area contributed by atoms with E-state index in [-0.39, 0.29) is 12.7 Å². The highest BCUT2D eigenvalue weighted by atomic mass is 31.2. The Bertz CT molecular complexity index is 212. The van der Waals surface area contributed by atoms with Gasteiger partial charge in [0.25, 0.3) is 0 Å². The Morgan fingerprint density at radius 2 is 1.86 bits per heavy atom. The van der Waals surface area contributed by atoms with Crippen LogP contribution in [0.4, 0.5) is 0 Å². The molecule has 0 aliphatic rings. The third kappa shape index (κ3) is 8.66. The molecular formula is C8H21NO4P+. The Kier molecular flexibility index (Phi) is 5.26. The average molecular weight is 226 g/mol. The van der Waals surface area contributed by atoms with Crippen molar-refractivity contribution >= 4 is 7.82 Å². The van der Waals surface area contributed by atoms with Crippen LogP contribution in [-0.2, 0) is 13.6 Å². The second-order valence-electron chi connectivity index (χ2n) is 4.47. The third-order valence-corrected chi connectivity index (χ3v) is 2.56. The van der Waals surface area contributed by atoms with Crippen LogP contribution in [0.1, 0.15) is 13.8 Å². The number of hydrogen-bond donors (Lipinski definition) is 1. The number of phosphoric ester groups is 1. The van der Waals surface area contributed by atoms with E-state index in [1.165, 1.54) is 0 Å². The molecule has 0 radical (unpaired) electrons. The Morgan fingerprint density at radius 3 is 2.21 bits per heavy atom. The molecule has 0 aromatic heterocycles. The molecule has 0 saturated heterocycles. The maximum absolute atomic E-state index is 11.2. The minimum atomic E-state index is -3.84. The molecule has 1 N–H and O–H groups in total. The van der Waals surface area contributed by atoms with Crippen molar-refractivity contribution in [3.8, 4) is 0 Å². The maximum Gasteiger partial charge on any atom is 0.472 e. The zero-order valence-corrected chi connectivity index (χ0v) is 10.5.